The second kappa shape index (κ2) is 4.01. The molecule has 0 atom stereocenters. The first kappa shape index (κ1) is 11.3. The van der Waals surface area contributed by atoms with E-state index in [1.165, 1.54) is 25.0 Å². The lowest BCUT2D eigenvalue weighted by molar-refractivity contribution is -0.119. The van der Waals surface area contributed by atoms with Crippen molar-refractivity contribution in [1.82, 2.24) is 0 Å². The molecule has 5 nitrogen and oxygen atoms in total. The van der Waals surface area contributed by atoms with E-state index >= 15 is 0 Å². The molecular formula is C12H11NO4. The van der Waals surface area contributed by atoms with Crippen LogP contribution in [0.15, 0.2) is 18.2 Å². The summed E-state index contributed by atoms with van der Waals surface area (Å²) in [5.41, 5.74) is 0.756. The fourth-order valence-corrected chi connectivity index (χ4v) is 1.79. The highest BCUT2D eigenvalue weighted by atomic mass is 16.5. The number of Topliss-reactive ketones (excluding diaryl/α,β-unsaturated/α-hetero) is 2. The van der Waals surface area contributed by atoms with E-state index < -0.39 is 11.7 Å². The lowest BCUT2D eigenvalue weighted by Gasteiger charge is -2.14. The summed E-state index contributed by atoms with van der Waals surface area (Å²) >= 11 is 0. The molecule has 5 heteroatoms. The van der Waals surface area contributed by atoms with Gasteiger partial charge in [0, 0.05) is 0 Å². The Kier molecular flexibility index (Phi) is 2.67. The van der Waals surface area contributed by atoms with Gasteiger partial charge < -0.3 is 4.74 Å². The molecule has 88 valence electrons. The van der Waals surface area contributed by atoms with Gasteiger partial charge in [0.1, 0.15) is 11.5 Å². The molecule has 1 aromatic rings. The Morgan fingerprint density at radius 3 is 2.65 bits per heavy atom. The molecule has 17 heavy (non-hydrogen) atoms. The topological polar surface area (TPSA) is 63.7 Å². The van der Waals surface area contributed by atoms with E-state index in [1.807, 2.05) is 0 Å². The summed E-state index contributed by atoms with van der Waals surface area (Å²) in [4.78, 5) is 35.6. The van der Waals surface area contributed by atoms with Crippen LogP contribution in [0.1, 0.15) is 17.3 Å². The fourth-order valence-electron chi connectivity index (χ4n) is 1.79. The molecule has 0 saturated heterocycles. The number of fused-ring (bicyclic) bond motifs is 1. The smallest absolute Gasteiger partial charge is 0.299 e. The SMILES string of the molecule is COc1ccc2c(c1)C(=O)C(=O)N2CC(C)=O. The monoisotopic (exact) mass is 233 g/mol. The van der Waals surface area contributed by atoms with E-state index in [1.54, 1.807) is 12.1 Å². The van der Waals surface area contributed by atoms with E-state index in [9.17, 15) is 14.4 Å². The van der Waals surface area contributed by atoms with Crippen molar-refractivity contribution in [3.05, 3.63) is 23.8 Å². The quantitative estimate of drug-likeness (QED) is 0.725. The molecule has 0 N–H and O–H groups in total. The number of methoxy groups -OCH3 is 1. The van der Waals surface area contributed by atoms with E-state index in [-0.39, 0.29) is 17.9 Å². The van der Waals surface area contributed by atoms with Gasteiger partial charge in [-0.05, 0) is 25.1 Å². The van der Waals surface area contributed by atoms with Gasteiger partial charge in [-0.3, -0.25) is 19.3 Å². The third-order valence-electron chi connectivity index (χ3n) is 2.56. The van der Waals surface area contributed by atoms with Gasteiger partial charge in [0.25, 0.3) is 11.7 Å². The van der Waals surface area contributed by atoms with E-state index in [4.69, 9.17) is 4.74 Å². The molecule has 1 amide bonds. The molecule has 0 radical (unpaired) electrons. The zero-order valence-corrected chi connectivity index (χ0v) is 9.52. The van der Waals surface area contributed by atoms with Gasteiger partial charge in [-0.1, -0.05) is 0 Å². The first-order chi connectivity index (χ1) is 8.04. The summed E-state index contributed by atoms with van der Waals surface area (Å²) in [5, 5.41) is 0. The number of amides is 1. The highest BCUT2D eigenvalue weighted by Crippen LogP contribution is 2.31. The van der Waals surface area contributed by atoms with Crippen molar-refractivity contribution < 1.29 is 19.1 Å². The fraction of sp³-hybridized carbons (Fsp3) is 0.250. The lowest BCUT2D eigenvalue weighted by atomic mass is 10.1. The van der Waals surface area contributed by atoms with Crippen molar-refractivity contribution in [3.8, 4) is 5.75 Å². The van der Waals surface area contributed by atoms with Crippen molar-refractivity contribution in [2.45, 2.75) is 6.92 Å². The highest BCUT2D eigenvalue weighted by Gasteiger charge is 2.36. The molecule has 2 rings (SSSR count). The summed E-state index contributed by atoms with van der Waals surface area (Å²) in [6.45, 7) is 1.29. The van der Waals surface area contributed by atoms with Crippen molar-refractivity contribution >= 4 is 23.2 Å². The third-order valence-corrected chi connectivity index (χ3v) is 2.56. The summed E-state index contributed by atoms with van der Waals surface area (Å²) in [6, 6.07) is 4.77. The van der Waals surface area contributed by atoms with Crippen LogP contribution in [0.4, 0.5) is 5.69 Å². The molecule has 0 bridgehead atoms. The predicted molar refractivity (Wildman–Crippen MR) is 60.4 cm³/mol. The molecule has 0 saturated carbocycles. The number of ether oxygens (including phenoxy) is 1. The van der Waals surface area contributed by atoms with Crippen LogP contribution in [-0.4, -0.2) is 31.1 Å². The highest BCUT2D eigenvalue weighted by molar-refractivity contribution is 6.52. The largest absolute Gasteiger partial charge is 0.497 e. The number of anilines is 1. The summed E-state index contributed by atoms with van der Waals surface area (Å²) in [6.07, 6.45) is 0. The number of carbonyl (C=O) groups is 3. The van der Waals surface area contributed by atoms with Crippen LogP contribution in [0.5, 0.6) is 5.75 Å². The number of carbonyl (C=O) groups excluding carboxylic acids is 3. The molecular weight excluding hydrogens is 222 g/mol. The van der Waals surface area contributed by atoms with Crippen LogP contribution < -0.4 is 9.64 Å². The molecule has 0 aromatic heterocycles. The van der Waals surface area contributed by atoms with E-state index in [2.05, 4.69) is 0 Å². The van der Waals surface area contributed by atoms with Crippen LogP contribution in [0, 0.1) is 0 Å². The van der Waals surface area contributed by atoms with Gasteiger partial charge in [-0.2, -0.15) is 0 Å². The molecule has 0 aliphatic carbocycles. The third kappa shape index (κ3) is 1.80. The minimum absolute atomic E-state index is 0.0795. The van der Waals surface area contributed by atoms with Gasteiger partial charge in [0.05, 0.1) is 24.9 Å². The molecule has 1 heterocycles. The molecule has 0 fully saturated rings. The van der Waals surface area contributed by atoms with Gasteiger partial charge in [-0.15, -0.1) is 0 Å². The molecule has 1 aliphatic heterocycles. The van der Waals surface area contributed by atoms with Crippen LogP contribution in [0.25, 0.3) is 0 Å². The van der Waals surface area contributed by atoms with Crippen molar-refractivity contribution in [2.75, 3.05) is 18.6 Å². The first-order valence-corrected chi connectivity index (χ1v) is 5.08. The van der Waals surface area contributed by atoms with Crippen LogP contribution in [-0.2, 0) is 9.59 Å². The molecule has 1 aromatic carbocycles. The van der Waals surface area contributed by atoms with Crippen LogP contribution in [0.2, 0.25) is 0 Å². The number of rotatable bonds is 3. The molecule has 1 aliphatic rings. The maximum Gasteiger partial charge on any atom is 0.299 e. The summed E-state index contributed by atoms with van der Waals surface area (Å²) in [5.74, 6) is -0.923. The Morgan fingerprint density at radius 1 is 1.35 bits per heavy atom. The zero-order chi connectivity index (χ0) is 12.6. The summed E-state index contributed by atoms with van der Waals surface area (Å²) in [7, 11) is 1.48. The average molecular weight is 233 g/mol. The average Bonchev–Trinajstić information content (AvgIpc) is 2.54. The van der Waals surface area contributed by atoms with E-state index in [0.717, 1.165) is 0 Å². The Morgan fingerprint density at radius 2 is 2.06 bits per heavy atom. The van der Waals surface area contributed by atoms with Crippen LogP contribution in [0.3, 0.4) is 0 Å². The predicted octanol–water partition coefficient (Wildman–Crippen LogP) is 0.813. The standard InChI is InChI=1S/C12H11NO4/c1-7(14)6-13-10-4-3-8(17-2)5-9(10)11(15)12(13)16/h3-5H,6H2,1-2H3. The second-order valence-electron chi connectivity index (χ2n) is 3.81. The van der Waals surface area contributed by atoms with Crippen LogP contribution >= 0.6 is 0 Å². The maximum absolute atomic E-state index is 11.7. The van der Waals surface area contributed by atoms with Crippen molar-refractivity contribution in [3.63, 3.8) is 0 Å². The number of hydrogen-bond acceptors (Lipinski definition) is 4. The Hall–Kier alpha value is -2.17. The zero-order valence-electron chi connectivity index (χ0n) is 9.52. The maximum atomic E-state index is 11.7. The Bertz CT molecular complexity index is 521. The Labute approximate surface area is 98.0 Å². The minimum Gasteiger partial charge on any atom is -0.497 e. The van der Waals surface area contributed by atoms with Gasteiger partial charge in [0.15, 0.2) is 0 Å². The summed E-state index contributed by atoms with van der Waals surface area (Å²) < 4.78 is 4.99. The Balaban J connectivity index is 2.47. The number of benzene rings is 1. The molecule has 0 unspecified atom stereocenters. The van der Waals surface area contributed by atoms with E-state index in [0.29, 0.717) is 11.4 Å². The van der Waals surface area contributed by atoms with Gasteiger partial charge in [-0.25, -0.2) is 0 Å². The van der Waals surface area contributed by atoms with Crippen molar-refractivity contribution in [2.24, 2.45) is 0 Å². The van der Waals surface area contributed by atoms with Crippen molar-refractivity contribution in [1.29, 1.82) is 0 Å². The lowest BCUT2D eigenvalue weighted by Crippen LogP contribution is -2.33. The number of nitrogens with zero attached hydrogens (tertiary/aromatic N) is 1. The second-order valence-corrected chi connectivity index (χ2v) is 3.81. The number of ketones is 2. The number of hydrogen-bond donors (Lipinski definition) is 0. The normalized spacial score (nSPS) is 13.9. The van der Waals surface area contributed by atoms with Gasteiger partial charge in [0.2, 0.25) is 0 Å². The first-order valence-electron chi connectivity index (χ1n) is 5.08. The minimum atomic E-state index is -0.663. The molecule has 0 spiro atoms. The van der Waals surface area contributed by atoms with Gasteiger partial charge >= 0.3 is 0 Å².